The Labute approximate surface area is 190 Å². The van der Waals surface area contributed by atoms with Crippen molar-refractivity contribution >= 4 is 23.4 Å². The maximum Gasteiger partial charge on any atom is 0.261 e. The Morgan fingerprint density at radius 1 is 1.16 bits per heavy atom. The van der Waals surface area contributed by atoms with Gasteiger partial charge in [0.05, 0.1) is 0 Å². The van der Waals surface area contributed by atoms with Crippen molar-refractivity contribution in [2.45, 2.75) is 60.0 Å². The molecular formula is C25H33ClN2O3. The minimum Gasteiger partial charge on any atom is -0.483 e. The third-order valence-electron chi connectivity index (χ3n) is 5.35. The van der Waals surface area contributed by atoms with Crippen LogP contribution in [0.5, 0.6) is 5.75 Å². The Hall–Kier alpha value is -2.53. The number of amides is 2. The van der Waals surface area contributed by atoms with Gasteiger partial charge in [-0.2, -0.15) is 0 Å². The first kappa shape index (κ1) is 24.7. The molecule has 0 saturated carbocycles. The highest BCUT2D eigenvalue weighted by atomic mass is 35.5. The molecule has 0 bridgehead atoms. The molecule has 0 spiro atoms. The lowest BCUT2D eigenvalue weighted by Gasteiger charge is -2.29. The molecule has 0 aliphatic rings. The van der Waals surface area contributed by atoms with Crippen LogP contribution in [-0.2, 0) is 16.1 Å². The van der Waals surface area contributed by atoms with E-state index >= 15 is 0 Å². The van der Waals surface area contributed by atoms with Crippen LogP contribution in [0.2, 0.25) is 5.02 Å². The number of halogens is 1. The van der Waals surface area contributed by atoms with Crippen molar-refractivity contribution in [2.75, 3.05) is 13.2 Å². The highest BCUT2D eigenvalue weighted by Gasteiger charge is 2.26. The Bertz CT molecular complexity index is 914. The Balaban J connectivity index is 2.18. The van der Waals surface area contributed by atoms with Crippen LogP contribution in [0.3, 0.4) is 0 Å². The van der Waals surface area contributed by atoms with Crippen LogP contribution in [0.1, 0.15) is 48.9 Å². The lowest BCUT2D eigenvalue weighted by molar-refractivity contribution is -0.142. The van der Waals surface area contributed by atoms with Crippen molar-refractivity contribution in [2.24, 2.45) is 0 Å². The van der Waals surface area contributed by atoms with Crippen LogP contribution in [0.25, 0.3) is 0 Å². The molecule has 0 unspecified atom stereocenters. The zero-order valence-electron chi connectivity index (χ0n) is 19.1. The largest absolute Gasteiger partial charge is 0.483 e. The summed E-state index contributed by atoms with van der Waals surface area (Å²) in [6.45, 7) is 10.5. The van der Waals surface area contributed by atoms with Gasteiger partial charge in [0.1, 0.15) is 11.8 Å². The van der Waals surface area contributed by atoms with Gasteiger partial charge in [-0.3, -0.25) is 9.59 Å². The second kappa shape index (κ2) is 11.8. The quantitative estimate of drug-likeness (QED) is 0.526. The monoisotopic (exact) mass is 444 g/mol. The second-order valence-electron chi connectivity index (χ2n) is 7.97. The average Bonchev–Trinajstić information content (AvgIpc) is 2.73. The van der Waals surface area contributed by atoms with Crippen LogP contribution >= 0.6 is 11.6 Å². The smallest absolute Gasteiger partial charge is 0.261 e. The van der Waals surface area contributed by atoms with Gasteiger partial charge in [-0.15, -0.1) is 0 Å². The fraction of sp³-hybridized carbons (Fsp3) is 0.440. The summed E-state index contributed by atoms with van der Waals surface area (Å²) in [4.78, 5) is 27.4. The second-order valence-corrected chi connectivity index (χ2v) is 8.40. The molecular weight excluding hydrogens is 412 g/mol. The van der Waals surface area contributed by atoms with Gasteiger partial charge in [0.15, 0.2) is 6.61 Å². The molecule has 2 aromatic carbocycles. The van der Waals surface area contributed by atoms with Gasteiger partial charge in [-0.1, -0.05) is 43.1 Å². The number of nitrogens with one attached hydrogen (secondary N) is 1. The topological polar surface area (TPSA) is 58.6 Å². The maximum atomic E-state index is 13.2. The maximum absolute atomic E-state index is 13.2. The van der Waals surface area contributed by atoms with Crippen LogP contribution in [0.4, 0.5) is 0 Å². The minimum absolute atomic E-state index is 0.142. The number of hydrogen-bond acceptors (Lipinski definition) is 3. The van der Waals surface area contributed by atoms with E-state index in [0.717, 1.165) is 35.1 Å². The summed E-state index contributed by atoms with van der Waals surface area (Å²) in [5, 5.41) is 3.50. The number of aryl methyl sites for hydroxylation is 2. The van der Waals surface area contributed by atoms with E-state index in [4.69, 9.17) is 16.3 Å². The third-order valence-corrected chi connectivity index (χ3v) is 5.59. The Morgan fingerprint density at radius 3 is 2.58 bits per heavy atom. The molecule has 1 N–H and O–H groups in total. The number of benzene rings is 2. The molecule has 1 atom stereocenters. The van der Waals surface area contributed by atoms with Gasteiger partial charge < -0.3 is 15.0 Å². The molecule has 6 heteroatoms. The molecule has 0 heterocycles. The number of unbranched alkanes of at least 4 members (excludes halogenated alkanes) is 1. The number of hydrogen-bond donors (Lipinski definition) is 1. The predicted octanol–water partition coefficient (Wildman–Crippen LogP) is 4.98. The summed E-state index contributed by atoms with van der Waals surface area (Å²) in [6.07, 6.45) is 1.89. The van der Waals surface area contributed by atoms with Crippen molar-refractivity contribution in [1.82, 2.24) is 10.2 Å². The van der Waals surface area contributed by atoms with E-state index in [1.54, 1.807) is 24.0 Å². The predicted molar refractivity (Wildman–Crippen MR) is 126 cm³/mol. The summed E-state index contributed by atoms with van der Waals surface area (Å²) < 4.78 is 5.88. The van der Waals surface area contributed by atoms with E-state index in [0.29, 0.717) is 17.3 Å². The Morgan fingerprint density at radius 2 is 1.90 bits per heavy atom. The van der Waals surface area contributed by atoms with E-state index in [2.05, 4.69) is 18.3 Å². The molecule has 0 saturated heterocycles. The first-order valence-electron chi connectivity index (χ1n) is 10.7. The summed E-state index contributed by atoms with van der Waals surface area (Å²) in [5.74, 6) is 0.261. The first-order valence-corrected chi connectivity index (χ1v) is 11.1. The van der Waals surface area contributed by atoms with Gasteiger partial charge in [-0.05, 0) is 74.6 Å². The molecule has 5 nitrogen and oxygen atoms in total. The van der Waals surface area contributed by atoms with E-state index in [-0.39, 0.29) is 25.0 Å². The number of rotatable bonds is 10. The lowest BCUT2D eigenvalue weighted by Crippen LogP contribution is -2.49. The van der Waals surface area contributed by atoms with Crippen LogP contribution in [0.15, 0.2) is 36.4 Å². The molecule has 0 aliphatic heterocycles. The van der Waals surface area contributed by atoms with Crippen molar-refractivity contribution in [3.8, 4) is 5.75 Å². The Kier molecular flexibility index (Phi) is 9.38. The number of ether oxygens (including phenoxy) is 1. The van der Waals surface area contributed by atoms with Crippen molar-refractivity contribution in [3.05, 3.63) is 63.7 Å². The van der Waals surface area contributed by atoms with E-state index < -0.39 is 6.04 Å². The van der Waals surface area contributed by atoms with Crippen LogP contribution < -0.4 is 10.1 Å². The molecule has 0 aliphatic carbocycles. The van der Waals surface area contributed by atoms with Gasteiger partial charge in [-0.25, -0.2) is 0 Å². The van der Waals surface area contributed by atoms with Gasteiger partial charge >= 0.3 is 0 Å². The zero-order valence-corrected chi connectivity index (χ0v) is 19.9. The van der Waals surface area contributed by atoms with E-state index in [1.807, 2.05) is 39.0 Å². The standard InChI is InChI=1S/C25H33ClN2O3/c1-6-7-11-27-25(30)20(5)28(15-21-9-8-10-22(26)14-21)24(29)16-31-23-13-17(2)12-18(3)19(23)4/h8-10,12-14,20H,6-7,11,15-16H2,1-5H3,(H,27,30)/t20-/m1/s1. The van der Waals surface area contributed by atoms with Crippen LogP contribution in [-0.4, -0.2) is 35.9 Å². The first-order chi connectivity index (χ1) is 14.7. The van der Waals surface area contributed by atoms with Crippen molar-refractivity contribution < 1.29 is 14.3 Å². The zero-order chi connectivity index (χ0) is 23.0. The summed E-state index contributed by atoms with van der Waals surface area (Å²) in [7, 11) is 0. The molecule has 2 aromatic rings. The van der Waals surface area contributed by atoms with Crippen molar-refractivity contribution in [3.63, 3.8) is 0 Å². The van der Waals surface area contributed by atoms with Crippen molar-refractivity contribution in [1.29, 1.82) is 0 Å². The highest BCUT2D eigenvalue weighted by molar-refractivity contribution is 6.30. The molecule has 0 fully saturated rings. The normalized spacial score (nSPS) is 11.7. The molecule has 31 heavy (non-hydrogen) atoms. The number of carbonyl (C=O) groups excluding carboxylic acids is 2. The summed E-state index contributed by atoms with van der Waals surface area (Å²) >= 11 is 6.12. The number of nitrogens with zero attached hydrogens (tertiary/aromatic N) is 1. The SMILES string of the molecule is CCCCNC(=O)[C@@H](C)N(Cc1cccc(Cl)c1)C(=O)COc1cc(C)cc(C)c1C. The van der Waals surface area contributed by atoms with E-state index in [1.165, 1.54) is 0 Å². The fourth-order valence-electron chi connectivity index (χ4n) is 3.32. The summed E-state index contributed by atoms with van der Waals surface area (Å²) in [5.41, 5.74) is 4.05. The van der Waals surface area contributed by atoms with E-state index in [9.17, 15) is 9.59 Å². The fourth-order valence-corrected chi connectivity index (χ4v) is 3.54. The third kappa shape index (κ3) is 7.28. The molecule has 2 amide bonds. The molecule has 0 radical (unpaired) electrons. The average molecular weight is 445 g/mol. The lowest BCUT2D eigenvalue weighted by atomic mass is 10.1. The van der Waals surface area contributed by atoms with Crippen LogP contribution in [0, 0.1) is 20.8 Å². The number of carbonyl (C=O) groups is 2. The minimum atomic E-state index is -0.632. The molecule has 2 rings (SSSR count). The molecule has 168 valence electrons. The summed E-state index contributed by atoms with van der Waals surface area (Å²) in [6, 6.07) is 10.7. The molecule has 0 aromatic heterocycles. The van der Waals surface area contributed by atoms with Gasteiger partial charge in [0.2, 0.25) is 5.91 Å². The van der Waals surface area contributed by atoms with Gasteiger partial charge in [0, 0.05) is 18.1 Å². The highest BCUT2D eigenvalue weighted by Crippen LogP contribution is 2.23. The van der Waals surface area contributed by atoms with Gasteiger partial charge in [0.25, 0.3) is 5.91 Å².